The van der Waals surface area contributed by atoms with Gasteiger partial charge >= 0.3 is 6.18 Å². The van der Waals surface area contributed by atoms with Crippen molar-refractivity contribution in [2.24, 2.45) is 22.6 Å². The highest BCUT2D eigenvalue weighted by Crippen LogP contribution is 2.35. The maximum atomic E-state index is 12.3. The summed E-state index contributed by atoms with van der Waals surface area (Å²) in [6.45, 7) is 0.105. The van der Waals surface area contributed by atoms with Crippen LogP contribution in [0.2, 0.25) is 0 Å². The maximum Gasteiger partial charge on any atom is 0.393 e. The molecule has 0 radical (unpaired) electrons. The van der Waals surface area contributed by atoms with Crippen LogP contribution in [0.1, 0.15) is 6.42 Å². The number of nitrogens with zero attached hydrogens (tertiary/aromatic N) is 1. The maximum absolute atomic E-state index is 12.3. The van der Waals surface area contributed by atoms with E-state index >= 15 is 0 Å². The van der Waals surface area contributed by atoms with Gasteiger partial charge in [0.05, 0.1) is 11.8 Å². The van der Waals surface area contributed by atoms with Crippen LogP contribution in [-0.2, 0) is 4.79 Å². The second-order valence-electron chi connectivity index (χ2n) is 2.92. The summed E-state index contributed by atoms with van der Waals surface area (Å²) < 4.78 is 36.8. The topological polar surface area (TPSA) is 55.5 Å². The van der Waals surface area contributed by atoms with Crippen molar-refractivity contribution in [3.63, 3.8) is 0 Å². The van der Waals surface area contributed by atoms with E-state index in [0.717, 1.165) is 6.21 Å². The number of nitrogens with two attached hydrogens (primary N) is 1. The number of amides is 1. The van der Waals surface area contributed by atoms with Crippen molar-refractivity contribution in [2.75, 3.05) is 6.54 Å². The van der Waals surface area contributed by atoms with Gasteiger partial charge in [0.15, 0.2) is 0 Å². The zero-order chi connectivity index (χ0) is 10.1. The summed E-state index contributed by atoms with van der Waals surface area (Å²) in [5, 5.41) is 0. The number of hydrogen-bond donors (Lipinski definition) is 1. The molecule has 1 heterocycles. The molecule has 0 aromatic carbocycles. The van der Waals surface area contributed by atoms with Gasteiger partial charge in [0.2, 0.25) is 5.91 Å². The zero-order valence-corrected chi connectivity index (χ0v) is 6.71. The van der Waals surface area contributed by atoms with E-state index in [4.69, 9.17) is 5.73 Å². The summed E-state index contributed by atoms with van der Waals surface area (Å²) in [5.41, 5.74) is 4.82. The van der Waals surface area contributed by atoms with Crippen LogP contribution < -0.4 is 5.73 Å². The Bertz CT molecular complexity index is 236. The summed E-state index contributed by atoms with van der Waals surface area (Å²) >= 11 is 0. The Morgan fingerprint density at radius 3 is 2.54 bits per heavy atom. The SMILES string of the molecule is NC(=O)C1C=NCC[C@H]1C(F)(F)F. The highest BCUT2D eigenvalue weighted by molar-refractivity contribution is 5.93. The molecule has 0 bridgehead atoms. The minimum Gasteiger partial charge on any atom is -0.369 e. The van der Waals surface area contributed by atoms with E-state index in [-0.39, 0.29) is 13.0 Å². The lowest BCUT2D eigenvalue weighted by Gasteiger charge is -2.26. The van der Waals surface area contributed by atoms with Gasteiger partial charge in [-0.25, -0.2) is 0 Å². The van der Waals surface area contributed by atoms with Crippen LogP contribution in [0.4, 0.5) is 13.2 Å². The third-order valence-corrected chi connectivity index (χ3v) is 2.02. The van der Waals surface area contributed by atoms with E-state index in [1.807, 2.05) is 0 Å². The molecule has 0 saturated carbocycles. The molecule has 0 fully saturated rings. The minimum absolute atomic E-state index is 0.105. The Hall–Kier alpha value is -1.07. The standard InChI is InChI=1S/C7H9F3N2O/c8-7(9,10)5-1-2-12-3-4(5)6(11)13/h3-5H,1-2H2,(H2,11,13)/t4?,5-/m1/s1. The highest BCUT2D eigenvalue weighted by Gasteiger charge is 2.46. The van der Waals surface area contributed by atoms with Gasteiger partial charge in [-0.2, -0.15) is 13.2 Å². The first-order valence-corrected chi connectivity index (χ1v) is 3.79. The molecular weight excluding hydrogens is 185 g/mol. The first-order valence-electron chi connectivity index (χ1n) is 3.79. The van der Waals surface area contributed by atoms with Crippen LogP contribution in [0.25, 0.3) is 0 Å². The highest BCUT2D eigenvalue weighted by atomic mass is 19.4. The first-order chi connectivity index (χ1) is 5.93. The molecule has 2 atom stereocenters. The van der Waals surface area contributed by atoms with Gasteiger partial charge in [-0.05, 0) is 6.42 Å². The van der Waals surface area contributed by atoms with E-state index < -0.39 is 23.9 Å². The summed E-state index contributed by atoms with van der Waals surface area (Å²) in [4.78, 5) is 14.3. The van der Waals surface area contributed by atoms with Crippen LogP contribution in [0.15, 0.2) is 4.99 Å². The molecule has 13 heavy (non-hydrogen) atoms. The fourth-order valence-corrected chi connectivity index (χ4v) is 1.32. The predicted molar refractivity (Wildman–Crippen MR) is 40.2 cm³/mol. The van der Waals surface area contributed by atoms with Crippen LogP contribution in [-0.4, -0.2) is 24.8 Å². The minimum atomic E-state index is -4.37. The van der Waals surface area contributed by atoms with Gasteiger partial charge in [0.25, 0.3) is 0 Å². The van der Waals surface area contributed by atoms with Crippen LogP contribution in [0.3, 0.4) is 0 Å². The van der Waals surface area contributed by atoms with E-state index in [2.05, 4.69) is 4.99 Å². The Morgan fingerprint density at radius 2 is 2.15 bits per heavy atom. The number of rotatable bonds is 1. The molecule has 2 N–H and O–H groups in total. The van der Waals surface area contributed by atoms with Crippen LogP contribution in [0.5, 0.6) is 0 Å². The van der Waals surface area contributed by atoms with Gasteiger partial charge in [-0.1, -0.05) is 0 Å². The normalized spacial score (nSPS) is 28.8. The van der Waals surface area contributed by atoms with Crippen molar-refractivity contribution in [1.29, 1.82) is 0 Å². The second-order valence-corrected chi connectivity index (χ2v) is 2.92. The number of primary amides is 1. The molecule has 74 valence electrons. The van der Waals surface area contributed by atoms with Gasteiger partial charge in [0.1, 0.15) is 0 Å². The molecule has 1 amide bonds. The van der Waals surface area contributed by atoms with E-state index in [1.54, 1.807) is 0 Å². The summed E-state index contributed by atoms with van der Waals surface area (Å²) in [7, 11) is 0. The molecule has 6 heteroatoms. The molecule has 0 aliphatic carbocycles. The smallest absolute Gasteiger partial charge is 0.369 e. The molecule has 1 aliphatic heterocycles. The molecule has 0 spiro atoms. The molecule has 3 nitrogen and oxygen atoms in total. The van der Waals surface area contributed by atoms with Crippen LogP contribution in [0, 0.1) is 11.8 Å². The molecule has 0 aromatic rings. The number of alkyl halides is 3. The van der Waals surface area contributed by atoms with Gasteiger partial charge in [-0.3, -0.25) is 9.79 Å². The Labute approximate surface area is 72.8 Å². The van der Waals surface area contributed by atoms with Gasteiger partial charge in [-0.15, -0.1) is 0 Å². The number of halogens is 3. The quantitative estimate of drug-likeness (QED) is 0.657. The van der Waals surface area contributed by atoms with Crippen molar-refractivity contribution in [1.82, 2.24) is 0 Å². The van der Waals surface area contributed by atoms with Crippen molar-refractivity contribution < 1.29 is 18.0 Å². The number of carbonyl (C=O) groups excluding carboxylic acids is 1. The average Bonchev–Trinajstić information content (AvgIpc) is 2.03. The first kappa shape index (κ1) is 10.0. The Kier molecular flexibility index (Phi) is 2.58. The molecule has 0 aromatic heterocycles. The van der Waals surface area contributed by atoms with Crippen LogP contribution >= 0.6 is 0 Å². The number of aliphatic imine (C=N–C) groups is 1. The van der Waals surface area contributed by atoms with Crippen molar-refractivity contribution in [2.45, 2.75) is 12.6 Å². The molecule has 1 aliphatic rings. The third-order valence-electron chi connectivity index (χ3n) is 2.02. The number of hydrogen-bond acceptors (Lipinski definition) is 2. The Balaban J connectivity index is 2.84. The molecule has 1 rings (SSSR count). The van der Waals surface area contributed by atoms with Gasteiger partial charge in [0, 0.05) is 12.8 Å². The molecule has 0 saturated heterocycles. The summed E-state index contributed by atoms with van der Waals surface area (Å²) in [6, 6.07) is 0. The average molecular weight is 194 g/mol. The predicted octanol–water partition coefficient (Wildman–Crippen LogP) is 0.741. The summed E-state index contributed by atoms with van der Waals surface area (Å²) in [5.74, 6) is -3.93. The zero-order valence-electron chi connectivity index (χ0n) is 6.71. The summed E-state index contributed by atoms with van der Waals surface area (Å²) in [6.07, 6.45) is -3.52. The van der Waals surface area contributed by atoms with Crippen molar-refractivity contribution >= 4 is 12.1 Å². The number of carbonyl (C=O) groups is 1. The van der Waals surface area contributed by atoms with E-state index in [9.17, 15) is 18.0 Å². The fourth-order valence-electron chi connectivity index (χ4n) is 1.32. The fraction of sp³-hybridized carbons (Fsp3) is 0.714. The van der Waals surface area contributed by atoms with E-state index in [0.29, 0.717) is 0 Å². The second kappa shape index (κ2) is 3.35. The van der Waals surface area contributed by atoms with Gasteiger partial charge < -0.3 is 5.73 Å². The lowest BCUT2D eigenvalue weighted by molar-refractivity contribution is -0.186. The van der Waals surface area contributed by atoms with Crippen molar-refractivity contribution in [3.8, 4) is 0 Å². The Morgan fingerprint density at radius 1 is 1.54 bits per heavy atom. The third kappa shape index (κ3) is 2.19. The largest absolute Gasteiger partial charge is 0.393 e. The lowest BCUT2D eigenvalue weighted by Crippen LogP contribution is -2.41. The molecular formula is C7H9F3N2O. The molecule has 1 unspecified atom stereocenters. The monoisotopic (exact) mass is 194 g/mol. The van der Waals surface area contributed by atoms with E-state index in [1.165, 1.54) is 0 Å². The lowest BCUT2D eigenvalue weighted by atomic mass is 9.87. The van der Waals surface area contributed by atoms with Crippen molar-refractivity contribution in [3.05, 3.63) is 0 Å².